The van der Waals surface area contributed by atoms with Crippen LogP contribution in [0.1, 0.15) is 174 Å². The van der Waals surface area contributed by atoms with Gasteiger partial charge in [0.15, 0.2) is 0 Å². The van der Waals surface area contributed by atoms with Crippen LogP contribution in [0.5, 0.6) is 0 Å². The van der Waals surface area contributed by atoms with Crippen LogP contribution in [0.4, 0.5) is 0 Å². The van der Waals surface area contributed by atoms with Crippen molar-refractivity contribution in [2.45, 2.75) is 187 Å². The Balaban J connectivity index is 4.10. The Bertz CT molecular complexity index is 947. The molecule has 2 atom stereocenters. The second kappa shape index (κ2) is 35.9. The summed E-state index contributed by atoms with van der Waals surface area (Å²) < 4.78 is 5.85. The van der Waals surface area contributed by atoms with E-state index in [4.69, 9.17) is 14.9 Å². The summed E-state index contributed by atoms with van der Waals surface area (Å²) in [6.07, 6.45) is 39.2. The van der Waals surface area contributed by atoms with Gasteiger partial charge >= 0.3 is 11.9 Å². The summed E-state index contributed by atoms with van der Waals surface area (Å²) in [5.41, 5.74) is 0. The number of carbonyl (C=O) groups excluding carboxylic acids is 3. The second-order valence-corrected chi connectivity index (χ2v) is 13.4. The van der Waals surface area contributed by atoms with E-state index < -0.39 is 24.5 Å². The Labute approximate surface area is 304 Å². The maximum absolute atomic E-state index is 12.6. The standard InChI is InChI=1S/C41H72N2O7/c1-3-5-7-9-10-11-12-13-14-15-16-17-18-19-20-21-23-29-33-40(47)50-36(30-26-22-8-6-4-2)31-27-24-25-28-32-38(45)42-34-39(46)43-37(35-44)41(48)49/h11-12,14-15,26,30,36-37,44H,3-10,13,16-25,27-29,31-35H2,1-2H3,(H,42,45)(H,43,46)(H,48,49)/b12-11-,15-14-,30-26-. The molecule has 0 spiro atoms. The number of carboxylic acid groups (broad SMARTS) is 1. The first-order valence-corrected chi connectivity index (χ1v) is 19.9. The third-order valence-electron chi connectivity index (χ3n) is 8.59. The molecule has 2 amide bonds. The normalized spacial score (nSPS) is 12.9. The van der Waals surface area contributed by atoms with Gasteiger partial charge in [-0.2, -0.15) is 0 Å². The van der Waals surface area contributed by atoms with E-state index in [1.54, 1.807) is 0 Å². The fourth-order valence-electron chi connectivity index (χ4n) is 5.48. The molecule has 50 heavy (non-hydrogen) atoms. The monoisotopic (exact) mass is 705 g/mol. The largest absolute Gasteiger partial charge is 0.480 e. The summed E-state index contributed by atoms with van der Waals surface area (Å²) in [4.78, 5) is 47.3. The number of unbranched alkanes of at least 4 members (excludes halogenated alkanes) is 17. The van der Waals surface area contributed by atoms with Gasteiger partial charge < -0.3 is 25.6 Å². The van der Waals surface area contributed by atoms with Gasteiger partial charge in [-0.3, -0.25) is 14.4 Å². The highest BCUT2D eigenvalue weighted by Gasteiger charge is 2.18. The van der Waals surface area contributed by atoms with Gasteiger partial charge in [-0.15, -0.1) is 0 Å². The molecule has 0 rings (SSSR count). The van der Waals surface area contributed by atoms with Crippen molar-refractivity contribution in [3.05, 3.63) is 36.5 Å². The number of carbonyl (C=O) groups is 4. The summed E-state index contributed by atoms with van der Waals surface area (Å²) in [6, 6.07) is -1.39. The van der Waals surface area contributed by atoms with Gasteiger partial charge in [-0.05, 0) is 76.7 Å². The van der Waals surface area contributed by atoms with Crippen LogP contribution < -0.4 is 10.6 Å². The Morgan fingerprint density at radius 3 is 1.76 bits per heavy atom. The van der Waals surface area contributed by atoms with Crippen molar-refractivity contribution >= 4 is 23.8 Å². The van der Waals surface area contributed by atoms with Crippen LogP contribution in [0.3, 0.4) is 0 Å². The van der Waals surface area contributed by atoms with E-state index in [2.05, 4.69) is 54.9 Å². The fourth-order valence-corrected chi connectivity index (χ4v) is 5.48. The lowest BCUT2D eigenvalue weighted by atomic mass is 10.1. The van der Waals surface area contributed by atoms with Crippen LogP contribution >= 0.6 is 0 Å². The zero-order chi connectivity index (χ0) is 36.9. The molecule has 9 nitrogen and oxygen atoms in total. The number of nitrogens with one attached hydrogen (secondary N) is 2. The van der Waals surface area contributed by atoms with Crippen LogP contribution in [0.15, 0.2) is 36.5 Å². The first-order chi connectivity index (χ1) is 24.3. The van der Waals surface area contributed by atoms with E-state index in [0.717, 1.165) is 70.6 Å². The van der Waals surface area contributed by atoms with Crippen LogP contribution in [0, 0.1) is 0 Å². The Kier molecular flexibility index (Phi) is 33.8. The molecular weight excluding hydrogens is 632 g/mol. The number of carboxylic acids is 1. The zero-order valence-electron chi connectivity index (χ0n) is 31.6. The van der Waals surface area contributed by atoms with Crippen LogP contribution in [-0.2, 0) is 23.9 Å². The molecule has 0 aromatic carbocycles. The molecule has 288 valence electrons. The average molecular weight is 705 g/mol. The van der Waals surface area contributed by atoms with Gasteiger partial charge in [-0.1, -0.05) is 121 Å². The fraction of sp³-hybridized carbons (Fsp3) is 0.756. The lowest BCUT2D eigenvalue weighted by Crippen LogP contribution is -2.47. The molecule has 0 heterocycles. The summed E-state index contributed by atoms with van der Waals surface area (Å²) in [5, 5.41) is 22.5. The summed E-state index contributed by atoms with van der Waals surface area (Å²) >= 11 is 0. The quantitative estimate of drug-likeness (QED) is 0.0293. The molecule has 0 saturated heterocycles. The lowest BCUT2D eigenvalue weighted by molar-refractivity contribution is -0.147. The van der Waals surface area contributed by atoms with Gasteiger partial charge in [0.05, 0.1) is 13.2 Å². The summed E-state index contributed by atoms with van der Waals surface area (Å²) in [5.74, 6) is -2.41. The molecule has 0 aliphatic carbocycles. The first-order valence-electron chi connectivity index (χ1n) is 19.9. The van der Waals surface area contributed by atoms with E-state index >= 15 is 0 Å². The van der Waals surface area contributed by atoms with Crippen molar-refractivity contribution in [3.63, 3.8) is 0 Å². The number of allylic oxidation sites excluding steroid dienone is 5. The minimum absolute atomic E-state index is 0.124. The Morgan fingerprint density at radius 1 is 0.620 bits per heavy atom. The highest BCUT2D eigenvalue weighted by Crippen LogP contribution is 2.15. The topological polar surface area (TPSA) is 142 Å². The van der Waals surface area contributed by atoms with E-state index in [1.165, 1.54) is 70.6 Å². The molecule has 9 heteroatoms. The lowest BCUT2D eigenvalue weighted by Gasteiger charge is -2.15. The van der Waals surface area contributed by atoms with Crippen molar-refractivity contribution in [3.8, 4) is 0 Å². The Morgan fingerprint density at radius 2 is 1.14 bits per heavy atom. The highest BCUT2D eigenvalue weighted by atomic mass is 16.5. The Hall–Kier alpha value is -2.94. The third kappa shape index (κ3) is 32.3. The predicted molar refractivity (Wildman–Crippen MR) is 204 cm³/mol. The minimum atomic E-state index is -1.39. The molecular formula is C41H72N2O7. The predicted octanol–water partition coefficient (Wildman–Crippen LogP) is 9.04. The number of ether oxygens (including phenoxy) is 1. The molecule has 0 saturated carbocycles. The smallest absolute Gasteiger partial charge is 0.328 e. The van der Waals surface area contributed by atoms with E-state index in [1.807, 2.05) is 6.08 Å². The second-order valence-electron chi connectivity index (χ2n) is 13.4. The molecule has 2 unspecified atom stereocenters. The number of hydrogen-bond donors (Lipinski definition) is 4. The maximum Gasteiger partial charge on any atom is 0.328 e. The zero-order valence-corrected chi connectivity index (χ0v) is 31.6. The van der Waals surface area contributed by atoms with Gasteiger partial charge in [0.25, 0.3) is 0 Å². The average Bonchev–Trinajstić information content (AvgIpc) is 3.10. The number of aliphatic hydroxyl groups excluding tert-OH is 1. The van der Waals surface area contributed by atoms with Gasteiger partial charge in [0.1, 0.15) is 12.1 Å². The minimum Gasteiger partial charge on any atom is -0.480 e. The number of rotatable bonds is 35. The van der Waals surface area contributed by atoms with E-state index in [9.17, 15) is 19.2 Å². The molecule has 0 aliphatic heterocycles. The molecule has 0 aromatic rings. The number of aliphatic hydroxyl groups is 1. The third-order valence-corrected chi connectivity index (χ3v) is 8.59. The van der Waals surface area contributed by atoms with Crippen LogP contribution in [-0.4, -0.2) is 59.3 Å². The van der Waals surface area contributed by atoms with E-state index in [-0.39, 0.29) is 30.9 Å². The molecule has 0 aliphatic rings. The molecule has 0 fully saturated rings. The van der Waals surface area contributed by atoms with Crippen molar-refractivity contribution in [1.29, 1.82) is 0 Å². The molecule has 0 aromatic heterocycles. The van der Waals surface area contributed by atoms with Crippen molar-refractivity contribution in [2.24, 2.45) is 0 Å². The van der Waals surface area contributed by atoms with Gasteiger partial charge in [0.2, 0.25) is 11.8 Å². The van der Waals surface area contributed by atoms with Gasteiger partial charge in [-0.25, -0.2) is 4.79 Å². The molecule has 0 bridgehead atoms. The van der Waals surface area contributed by atoms with Crippen LogP contribution in [0.2, 0.25) is 0 Å². The number of esters is 1. The summed E-state index contributed by atoms with van der Waals surface area (Å²) in [6.45, 7) is 3.37. The number of aliphatic carboxylic acids is 1. The first kappa shape index (κ1) is 47.1. The van der Waals surface area contributed by atoms with Crippen LogP contribution in [0.25, 0.3) is 0 Å². The molecule has 4 N–H and O–H groups in total. The van der Waals surface area contributed by atoms with Gasteiger partial charge in [0, 0.05) is 12.8 Å². The van der Waals surface area contributed by atoms with Crippen molar-refractivity contribution in [1.82, 2.24) is 10.6 Å². The SMILES string of the molecule is CCCCC/C=C\C(CCCCCCC(=O)NCC(=O)NC(CO)C(=O)O)OC(=O)CCCCCCCCC/C=C\C/C=C\CCCCCC. The molecule has 0 radical (unpaired) electrons. The maximum atomic E-state index is 12.6. The van der Waals surface area contributed by atoms with E-state index in [0.29, 0.717) is 12.8 Å². The number of amides is 2. The van der Waals surface area contributed by atoms with Crippen molar-refractivity contribution in [2.75, 3.05) is 13.2 Å². The number of hydrogen-bond acceptors (Lipinski definition) is 6. The highest BCUT2D eigenvalue weighted by molar-refractivity contribution is 5.87. The summed E-state index contributed by atoms with van der Waals surface area (Å²) in [7, 11) is 0. The van der Waals surface area contributed by atoms with Crippen molar-refractivity contribution < 1.29 is 34.1 Å².